The molecule has 1 saturated heterocycles. The molecule has 0 N–H and O–H groups in total. The van der Waals surface area contributed by atoms with E-state index in [4.69, 9.17) is 4.98 Å². The van der Waals surface area contributed by atoms with Gasteiger partial charge in [0.15, 0.2) is 0 Å². The molecule has 3 nitrogen and oxygen atoms in total. The van der Waals surface area contributed by atoms with Crippen LogP contribution in [0.3, 0.4) is 0 Å². The van der Waals surface area contributed by atoms with E-state index in [-0.39, 0.29) is 0 Å². The predicted molar refractivity (Wildman–Crippen MR) is 98.5 cm³/mol. The summed E-state index contributed by atoms with van der Waals surface area (Å²) in [4.78, 5) is 7.52. The lowest BCUT2D eigenvalue weighted by Crippen LogP contribution is -2.36. The molecule has 3 heterocycles. The van der Waals surface area contributed by atoms with E-state index < -0.39 is 0 Å². The Balaban J connectivity index is 1.48. The van der Waals surface area contributed by atoms with Crippen LogP contribution in [0, 0.1) is 6.92 Å². The lowest BCUT2D eigenvalue weighted by atomic mass is 9.93. The number of benzene rings is 1. The molecule has 0 spiro atoms. The summed E-state index contributed by atoms with van der Waals surface area (Å²) in [6.45, 7) is 5.60. The molecule has 1 unspecified atom stereocenters. The van der Waals surface area contributed by atoms with Crippen molar-refractivity contribution in [2.45, 2.75) is 32.1 Å². The Labute approximate surface area is 143 Å². The van der Waals surface area contributed by atoms with Gasteiger partial charge in [0.05, 0.1) is 11.2 Å². The zero-order valence-electron chi connectivity index (χ0n) is 14.4. The minimum absolute atomic E-state index is 0.556. The van der Waals surface area contributed by atoms with Gasteiger partial charge in [-0.25, -0.2) is 4.98 Å². The van der Waals surface area contributed by atoms with Gasteiger partial charge >= 0.3 is 0 Å². The molecule has 1 fully saturated rings. The van der Waals surface area contributed by atoms with Crippen LogP contribution in [0.25, 0.3) is 5.52 Å². The van der Waals surface area contributed by atoms with Crippen LogP contribution in [-0.2, 0) is 6.42 Å². The van der Waals surface area contributed by atoms with Crippen LogP contribution in [0.4, 0.5) is 0 Å². The third-order valence-electron chi connectivity index (χ3n) is 5.20. The Hall–Kier alpha value is -2.13. The van der Waals surface area contributed by atoms with Crippen molar-refractivity contribution >= 4 is 5.52 Å². The molecule has 124 valence electrons. The van der Waals surface area contributed by atoms with E-state index in [2.05, 4.69) is 71.0 Å². The molecule has 0 amide bonds. The van der Waals surface area contributed by atoms with E-state index in [9.17, 15) is 0 Å². The molecule has 3 heteroatoms. The number of imidazole rings is 1. The standard InChI is InChI=1S/C21H25N3/c1-17-22-21(20-11-5-6-14-24(17)20)19-10-7-13-23(16-19)15-12-18-8-3-2-4-9-18/h2-6,8-9,11,14,19H,7,10,12-13,15-16H2,1H3. The first kappa shape index (κ1) is 15.4. The SMILES string of the molecule is Cc1nc(C2CCCN(CCc3ccccc3)C2)c2ccccn12. The average molecular weight is 319 g/mol. The van der Waals surface area contributed by atoms with Gasteiger partial charge in [-0.3, -0.25) is 0 Å². The van der Waals surface area contributed by atoms with Crippen LogP contribution < -0.4 is 0 Å². The summed E-state index contributed by atoms with van der Waals surface area (Å²) >= 11 is 0. The van der Waals surface area contributed by atoms with Crippen LogP contribution in [0.1, 0.15) is 35.8 Å². The van der Waals surface area contributed by atoms with Gasteiger partial charge in [-0.2, -0.15) is 0 Å². The third-order valence-corrected chi connectivity index (χ3v) is 5.20. The molecule has 1 aliphatic heterocycles. The van der Waals surface area contributed by atoms with Gasteiger partial charge in [0, 0.05) is 25.2 Å². The van der Waals surface area contributed by atoms with Crippen molar-refractivity contribution in [1.82, 2.24) is 14.3 Å². The molecule has 4 rings (SSSR count). The third kappa shape index (κ3) is 3.09. The molecular formula is C21H25N3. The summed E-state index contributed by atoms with van der Waals surface area (Å²) in [5, 5.41) is 0. The number of nitrogens with zero attached hydrogens (tertiary/aromatic N) is 3. The molecule has 1 aromatic carbocycles. The zero-order chi connectivity index (χ0) is 16.4. The first-order valence-electron chi connectivity index (χ1n) is 9.01. The highest BCUT2D eigenvalue weighted by atomic mass is 15.1. The Kier molecular flexibility index (Phi) is 4.35. The molecule has 0 aliphatic carbocycles. The predicted octanol–water partition coefficient (Wildman–Crippen LogP) is 4.06. The highest BCUT2D eigenvalue weighted by molar-refractivity contribution is 5.54. The van der Waals surface area contributed by atoms with E-state index in [0.29, 0.717) is 5.92 Å². The highest BCUT2D eigenvalue weighted by Gasteiger charge is 2.25. The van der Waals surface area contributed by atoms with Crippen LogP contribution in [0.5, 0.6) is 0 Å². The van der Waals surface area contributed by atoms with Crippen LogP contribution in [-0.4, -0.2) is 33.9 Å². The van der Waals surface area contributed by atoms with Gasteiger partial charge in [0.2, 0.25) is 0 Å². The first-order valence-corrected chi connectivity index (χ1v) is 9.01. The number of fused-ring (bicyclic) bond motifs is 1. The largest absolute Gasteiger partial charge is 0.304 e. The summed E-state index contributed by atoms with van der Waals surface area (Å²) in [5.41, 5.74) is 4.00. The van der Waals surface area contributed by atoms with E-state index in [1.165, 1.54) is 36.2 Å². The Bertz CT molecular complexity index is 806. The van der Waals surface area contributed by atoms with Gasteiger partial charge in [0.25, 0.3) is 0 Å². The van der Waals surface area contributed by atoms with Gasteiger partial charge < -0.3 is 9.30 Å². The van der Waals surface area contributed by atoms with Gasteiger partial charge in [-0.1, -0.05) is 36.4 Å². The Morgan fingerprint density at radius 3 is 2.79 bits per heavy atom. The number of hydrogen-bond donors (Lipinski definition) is 0. The molecule has 1 atom stereocenters. The van der Waals surface area contributed by atoms with Crippen molar-refractivity contribution in [2.24, 2.45) is 0 Å². The Morgan fingerprint density at radius 1 is 1.08 bits per heavy atom. The van der Waals surface area contributed by atoms with Crippen LogP contribution >= 0.6 is 0 Å². The fourth-order valence-corrected chi connectivity index (χ4v) is 3.93. The van der Waals surface area contributed by atoms with Crippen molar-refractivity contribution in [3.8, 4) is 0 Å². The number of hydrogen-bond acceptors (Lipinski definition) is 2. The molecule has 1 aliphatic rings. The zero-order valence-corrected chi connectivity index (χ0v) is 14.4. The second-order valence-electron chi connectivity index (χ2n) is 6.88. The maximum Gasteiger partial charge on any atom is 0.110 e. The maximum absolute atomic E-state index is 4.90. The average Bonchev–Trinajstić information content (AvgIpc) is 2.98. The summed E-state index contributed by atoms with van der Waals surface area (Å²) < 4.78 is 2.22. The summed E-state index contributed by atoms with van der Waals surface area (Å²) in [5.74, 6) is 1.66. The number of aromatic nitrogens is 2. The number of pyridine rings is 1. The number of rotatable bonds is 4. The molecular weight excluding hydrogens is 294 g/mol. The quantitative estimate of drug-likeness (QED) is 0.723. The topological polar surface area (TPSA) is 20.5 Å². The van der Waals surface area contributed by atoms with E-state index in [1.807, 2.05) is 0 Å². The fourth-order valence-electron chi connectivity index (χ4n) is 3.93. The summed E-state index contributed by atoms with van der Waals surface area (Å²) in [6.07, 6.45) is 5.78. The molecule has 0 radical (unpaired) electrons. The Morgan fingerprint density at radius 2 is 1.92 bits per heavy atom. The highest BCUT2D eigenvalue weighted by Crippen LogP contribution is 2.29. The van der Waals surface area contributed by atoms with Gasteiger partial charge in [0.1, 0.15) is 5.82 Å². The summed E-state index contributed by atoms with van der Waals surface area (Å²) in [7, 11) is 0. The molecule has 24 heavy (non-hydrogen) atoms. The van der Waals surface area contributed by atoms with Crippen LogP contribution in [0.15, 0.2) is 54.7 Å². The monoisotopic (exact) mass is 319 g/mol. The first-order chi connectivity index (χ1) is 11.8. The van der Waals surface area contributed by atoms with Crippen LogP contribution in [0.2, 0.25) is 0 Å². The summed E-state index contributed by atoms with van der Waals surface area (Å²) in [6, 6.07) is 17.2. The van der Waals surface area contributed by atoms with Gasteiger partial charge in [-0.05, 0) is 50.4 Å². The molecule has 2 aromatic heterocycles. The van der Waals surface area contributed by atoms with Crippen molar-refractivity contribution < 1.29 is 0 Å². The fraction of sp³-hybridized carbons (Fsp3) is 0.381. The smallest absolute Gasteiger partial charge is 0.110 e. The number of piperidine rings is 1. The van der Waals surface area contributed by atoms with Gasteiger partial charge in [-0.15, -0.1) is 0 Å². The molecule has 0 bridgehead atoms. The number of aryl methyl sites for hydroxylation is 1. The molecule has 0 saturated carbocycles. The second kappa shape index (κ2) is 6.78. The lowest BCUT2D eigenvalue weighted by molar-refractivity contribution is 0.209. The van der Waals surface area contributed by atoms with Crippen molar-refractivity contribution in [3.05, 3.63) is 71.8 Å². The number of likely N-dealkylation sites (tertiary alicyclic amines) is 1. The minimum atomic E-state index is 0.556. The van der Waals surface area contributed by atoms with E-state index >= 15 is 0 Å². The maximum atomic E-state index is 4.90. The molecule has 3 aromatic rings. The normalized spacial score (nSPS) is 19.0. The second-order valence-corrected chi connectivity index (χ2v) is 6.88. The van der Waals surface area contributed by atoms with Crippen molar-refractivity contribution in [1.29, 1.82) is 0 Å². The van der Waals surface area contributed by atoms with Crippen molar-refractivity contribution in [3.63, 3.8) is 0 Å². The van der Waals surface area contributed by atoms with E-state index in [1.54, 1.807) is 0 Å². The lowest BCUT2D eigenvalue weighted by Gasteiger charge is -2.32. The minimum Gasteiger partial charge on any atom is -0.304 e. The van der Waals surface area contributed by atoms with E-state index in [0.717, 1.165) is 25.3 Å². The van der Waals surface area contributed by atoms with Crippen molar-refractivity contribution in [2.75, 3.05) is 19.6 Å².